The predicted molar refractivity (Wildman–Crippen MR) is 268 cm³/mol. The SMILES string of the molecule is CCCCCCCCCCCCCCCCCC(=O)OC(CCCCCCCCCCCCCCCC)C(=O)O.CCCCCCCCCCCCOCCCCCCCC. The molecule has 0 aromatic heterocycles. The molecule has 5 nitrogen and oxygen atoms in total. The second kappa shape index (κ2) is 56.9. The van der Waals surface area contributed by atoms with Gasteiger partial charge in [0.15, 0.2) is 6.10 Å². The Hall–Kier alpha value is -1.10. The summed E-state index contributed by atoms with van der Waals surface area (Å²) in [6.45, 7) is 11.1. The van der Waals surface area contributed by atoms with Crippen LogP contribution in [0.15, 0.2) is 0 Å². The van der Waals surface area contributed by atoms with Gasteiger partial charge in [0, 0.05) is 19.6 Å². The Morgan fingerprint density at radius 2 is 0.557 bits per heavy atom. The van der Waals surface area contributed by atoms with Crippen LogP contribution in [0.25, 0.3) is 0 Å². The molecule has 0 fully saturated rings. The van der Waals surface area contributed by atoms with Crippen LogP contribution in [0.5, 0.6) is 0 Å². The molecule has 1 N–H and O–H groups in total. The molecule has 0 spiro atoms. The first-order valence-electron chi connectivity index (χ1n) is 28.0. The van der Waals surface area contributed by atoms with E-state index < -0.39 is 12.1 Å². The first kappa shape index (κ1) is 62.0. The summed E-state index contributed by atoms with van der Waals surface area (Å²) < 4.78 is 11.0. The van der Waals surface area contributed by atoms with Gasteiger partial charge in [-0.2, -0.15) is 0 Å². The lowest BCUT2D eigenvalue weighted by Crippen LogP contribution is -2.27. The Labute approximate surface area is 383 Å². The molecule has 1 atom stereocenters. The Bertz CT molecular complexity index is 797. The Morgan fingerprint density at radius 3 is 0.820 bits per heavy atom. The summed E-state index contributed by atoms with van der Waals surface area (Å²) in [7, 11) is 0. The lowest BCUT2D eigenvalue weighted by atomic mass is 10.0. The normalized spacial score (nSPS) is 11.7. The summed E-state index contributed by atoms with van der Waals surface area (Å²) in [6.07, 6.45) is 59.3. The Balaban J connectivity index is 0. The number of ether oxygens (including phenoxy) is 2. The van der Waals surface area contributed by atoms with Gasteiger partial charge in [0.05, 0.1) is 0 Å². The van der Waals surface area contributed by atoms with E-state index in [1.807, 2.05) is 0 Å². The number of rotatable bonds is 51. The maximum absolute atomic E-state index is 12.2. The molecule has 0 radical (unpaired) electrons. The van der Waals surface area contributed by atoms with E-state index in [0.717, 1.165) is 51.7 Å². The average molecular weight is 866 g/mol. The lowest BCUT2D eigenvalue weighted by molar-refractivity contribution is -0.164. The van der Waals surface area contributed by atoms with Gasteiger partial charge in [-0.25, -0.2) is 4.79 Å². The van der Waals surface area contributed by atoms with Crippen molar-refractivity contribution in [2.75, 3.05) is 13.2 Å². The van der Waals surface area contributed by atoms with Crippen molar-refractivity contribution in [1.82, 2.24) is 0 Å². The highest BCUT2D eigenvalue weighted by Crippen LogP contribution is 2.17. The fourth-order valence-electron chi connectivity index (χ4n) is 8.39. The third kappa shape index (κ3) is 56.9. The van der Waals surface area contributed by atoms with Crippen LogP contribution in [0, 0.1) is 0 Å². The predicted octanol–water partition coefficient (Wildman–Crippen LogP) is 19.4. The standard InChI is InChI=1S/C36H70O4.C20H42O/c1-3-5-7-9-11-13-15-17-19-21-23-25-27-29-31-33-35(37)40-34(36(38)39)32-30-28-26-24-22-20-18-16-14-12-10-8-6-4-2;1-3-5-7-9-11-12-13-14-16-18-20-21-19-17-15-10-8-6-4-2/h34H,3-33H2,1-2H3,(H,38,39);3-20H2,1-2H3. The number of carbonyl (C=O) groups excluding carboxylic acids is 1. The van der Waals surface area contributed by atoms with Crippen LogP contribution in [0.2, 0.25) is 0 Å². The largest absolute Gasteiger partial charge is 0.479 e. The molecular formula is C56H112O5. The number of hydrogen-bond donors (Lipinski definition) is 1. The number of hydrogen-bond acceptors (Lipinski definition) is 4. The second-order valence-corrected chi connectivity index (χ2v) is 19.0. The van der Waals surface area contributed by atoms with Gasteiger partial charge in [-0.15, -0.1) is 0 Å². The van der Waals surface area contributed by atoms with E-state index in [0.29, 0.717) is 12.8 Å². The zero-order valence-corrected chi connectivity index (χ0v) is 42.3. The minimum Gasteiger partial charge on any atom is -0.479 e. The average Bonchev–Trinajstić information content (AvgIpc) is 3.26. The van der Waals surface area contributed by atoms with Crippen LogP contribution in [0.3, 0.4) is 0 Å². The van der Waals surface area contributed by atoms with Crippen LogP contribution in [-0.4, -0.2) is 36.4 Å². The van der Waals surface area contributed by atoms with E-state index in [1.54, 1.807) is 0 Å². The van der Waals surface area contributed by atoms with Crippen molar-refractivity contribution in [3.63, 3.8) is 0 Å². The van der Waals surface area contributed by atoms with E-state index in [9.17, 15) is 14.7 Å². The van der Waals surface area contributed by atoms with Crippen molar-refractivity contribution < 1.29 is 24.2 Å². The van der Waals surface area contributed by atoms with E-state index >= 15 is 0 Å². The van der Waals surface area contributed by atoms with Crippen molar-refractivity contribution >= 4 is 11.9 Å². The van der Waals surface area contributed by atoms with E-state index in [1.165, 1.54) is 250 Å². The number of esters is 1. The fraction of sp³-hybridized carbons (Fsp3) is 0.964. The van der Waals surface area contributed by atoms with E-state index in [-0.39, 0.29) is 5.97 Å². The summed E-state index contributed by atoms with van der Waals surface area (Å²) in [6, 6.07) is 0. The maximum Gasteiger partial charge on any atom is 0.345 e. The summed E-state index contributed by atoms with van der Waals surface area (Å²) in [5.41, 5.74) is 0. The van der Waals surface area contributed by atoms with Crippen molar-refractivity contribution in [1.29, 1.82) is 0 Å². The van der Waals surface area contributed by atoms with Gasteiger partial charge >= 0.3 is 11.9 Å². The van der Waals surface area contributed by atoms with Crippen LogP contribution >= 0.6 is 0 Å². The zero-order chi connectivity index (χ0) is 44.8. The Morgan fingerprint density at radius 1 is 0.328 bits per heavy atom. The summed E-state index contributed by atoms with van der Waals surface area (Å²) in [4.78, 5) is 23.7. The minimum atomic E-state index is -1.00. The molecule has 5 heteroatoms. The van der Waals surface area contributed by atoms with Gasteiger partial charge in [0.25, 0.3) is 0 Å². The zero-order valence-electron chi connectivity index (χ0n) is 42.3. The number of unbranched alkanes of at least 4 members (excludes halogenated alkanes) is 41. The van der Waals surface area contributed by atoms with Gasteiger partial charge in [-0.3, -0.25) is 4.79 Å². The van der Waals surface area contributed by atoms with Crippen LogP contribution in [0.1, 0.15) is 329 Å². The van der Waals surface area contributed by atoms with Gasteiger partial charge in [-0.1, -0.05) is 291 Å². The first-order chi connectivity index (χ1) is 30.0. The smallest absolute Gasteiger partial charge is 0.345 e. The van der Waals surface area contributed by atoms with Gasteiger partial charge in [0.2, 0.25) is 0 Å². The van der Waals surface area contributed by atoms with Gasteiger partial charge in [0.1, 0.15) is 0 Å². The molecule has 0 aliphatic carbocycles. The number of aliphatic carboxylic acids is 1. The van der Waals surface area contributed by atoms with Crippen molar-refractivity contribution in [3.05, 3.63) is 0 Å². The molecule has 0 aliphatic heterocycles. The Kier molecular flexibility index (Phi) is 57.8. The van der Waals surface area contributed by atoms with Crippen LogP contribution < -0.4 is 0 Å². The van der Waals surface area contributed by atoms with E-state index in [4.69, 9.17) is 9.47 Å². The molecule has 0 aliphatic rings. The third-order valence-corrected chi connectivity index (χ3v) is 12.6. The summed E-state index contributed by atoms with van der Waals surface area (Å²) >= 11 is 0. The fourth-order valence-corrected chi connectivity index (χ4v) is 8.39. The molecule has 61 heavy (non-hydrogen) atoms. The highest BCUT2D eigenvalue weighted by Gasteiger charge is 2.21. The minimum absolute atomic E-state index is 0.340. The molecule has 0 saturated heterocycles. The maximum atomic E-state index is 12.2. The molecule has 1 unspecified atom stereocenters. The molecule has 0 amide bonds. The first-order valence-corrected chi connectivity index (χ1v) is 28.0. The monoisotopic (exact) mass is 865 g/mol. The van der Waals surface area contributed by atoms with Crippen LogP contribution in [0.4, 0.5) is 0 Å². The van der Waals surface area contributed by atoms with Crippen LogP contribution in [-0.2, 0) is 19.1 Å². The lowest BCUT2D eigenvalue weighted by Gasteiger charge is -2.13. The number of carboxylic acid groups (broad SMARTS) is 1. The molecule has 0 aromatic rings. The van der Waals surface area contributed by atoms with E-state index in [2.05, 4.69) is 27.7 Å². The summed E-state index contributed by atoms with van der Waals surface area (Å²) in [5, 5.41) is 9.45. The van der Waals surface area contributed by atoms with Gasteiger partial charge < -0.3 is 14.6 Å². The van der Waals surface area contributed by atoms with Crippen molar-refractivity contribution in [2.24, 2.45) is 0 Å². The third-order valence-electron chi connectivity index (χ3n) is 12.6. The highest BCUT2D eigenvalue weighted by molar-refractivity contribution is 5.77. The number of carboxylic acids is 1. The molecule has 0 bridgehead atoms. The second-order valence-electron chi connectivity index (χ2n) is 19.0. The highest BCUT2D eigenvalue weighted by atomic mass is 16.6. The molecule has 0 heterocycles. The molecular weight excluding hydrogens is 753 g/mol. The quantitative estimate of drug-likeness (QED) is 0.0487. The molecule has 366 valence electrons. The topological polar surface area (TPSA) is 72.8 Å². The van der Waals surface area contributed by atoms with Crippen molar-refractivity contribution in [2.45, 2.75) is 336 Å². The van der Waals surface area contributed by atoms with Crippen molar-refractivity contribution in [3.8, 4) is 0 Å². The number of carbonyl (C=O) groups is 2. The summed E-state index contributed by atoms with van der Waals surface area (Å²) in [5.74, 6) is -1.34. The molecule has 0 saturated carbocycles. The molecule has 0 aromatic carbocycles. The van der Waals surface area contributed by atoms with Gasteiger partial charge in [-0.05, 0) is 32.1 Å². The molecule has 0 rings (SSSR count).